The number of benzene rings is 1. The molecule has 0 radical (unpaired) electrons. The van der Waals surface area contributed by atoms with Crippen molar-refractivity contribution in [2.24, 2.45) is 4.99 Å². The SMILES string of the molecule is CCCCN=C(C)c1ccc(OCCCC)cc1O. The van der Waals surface area contributed by atoms with Crippen molar-refractivity contribution in [2.75, 3.05) is 13.2 Å². The van der Waals surface area contributed by atoms with Crippen LogP contribution in [0.2, 0.25) is 0 Å². The van der Waals surface area contributed by atoms with E-state index in [-0.39, 0.29) is 5.75 Å². The second-order valence-corrected chi connectivity index (χ2v) is 4.70. The molecule has 0 aromatic heterocycles. The molecule has 1 N–H and O–H groups in total. The Morgan fingerprint density at radius 3 is 2.58 bits per heavy atom. The maximum atomic E-state index is 10.0. The number of aliphatic imine (C=N–C) groups is 1. The number of hydrogen-bond acceptors (Lipinski definition) is 3. The van der Waals surface area contributed by atoms with Crippen LogP contribution in [0, 0.1) is 0 Å². The van der Waals surface area contributed by atoms with Crippen LogP contribution in [0.15, 0.2) is 23.2 Å². The summed E-state index contributed by atoms with van der Waals surface area (Å²) in [4.78, 5) is 4.47. The molecule has 0 unspecified atom stereocenters. The van der Waals surface area contributed by atoms with Crippen molar-refractivity contribution in [3.05, 3.63) is 23.8 Å². The van der Waals surface area contributed by atoms with Gasteiger partial charge in [-0.25, -0.2) is 0 Å². The maximum absolute atomic E-state index is 10.0. The molecular weight excluding hydrogens is 238 g/mol. The summed E-state index contributed by atoms with van der Waals surface area (Å²) < 4.78 is 5.56. The van der Waals surface area contributed by atoms with Crippen molar-refractivity contribution in [2.45, 2.75) is 46.5 Å². The number of ether oxygens (including phenoxy) is 1. The molecule has 19 heavy (non-hydrogen) atoms. The standard InChI is InChI=1S/C16H25NO2/c1-4-6-10-17-13(3)15-9-8-14(12-16(15)18)19-11-7-5-2/h8-9,12,18H,4-7,10-11H2,1-3H3. The molecule has 1 aromatic carbocycles. The summed E-state index contributed by atoms with van der Waals surface area (Å²) in [6.07, 6.45) is 4.34. The van der Waals surface area contributed by atoms with E-state index in [2.05, 4.69) is 18.8 Å². The number of phenolic OH excluding ortho intramolecular Hbond substituents is 1. The van der Waals surface area contributed by atoms with E-state index in [0.717, 1.165) is 49.3 Å². The molecule has 0 aliphatic carbocycles. The topological polar surface area (TPSA) is 41.8 Å². The summed E-state index contributed by atoms with van der Waals surface area (Å²) in [5, 5.41) is 10.0. The average Bonchev–Trinajstić information content (AvgIpc) is 2.39. The lowest BCUT2D eigenvalue weighted by molar-refractivity contribution is 0.307. The van der Waals surface area contributed by atoms with Gasteiger partial charge in [-0.3, -0.25) is 4.99 Å². The van der Waals surface area contributed by atoms with E-state index in [4.69, 9.17) is 4.74 Å². The first-order valence-electron chi connectivity index (χ1n) is 7.16. The molecule has 0 atom stereocenters. The van der Waals surface area contributed by atoms with Crippen LogP contribution < -0.4 is 4.74 Å². The molecule has 0 saturated heterocycles. The predicted molar refractivity (Wildman–Crippen MR) is 80.5 cm³/mol. The van der Waals surface area contributed by atoms with Crippen LogP contribution in [0.25, 0.3) is 0 Å². The zero-order chi connectivity index (χ0) is 14.1. The molecule has 0 aliphatic rings. The van der Waals surface area contributed by atoms with Crippen molar-refractivity contribution >= 4 is 5.71 Å². The zero-order valence-electron chi connectivity index (χ0n) is 12.3. The van der Waals surface area contributed by atoms with E-state index in [1.54, 1.807) is 6.07 Å². The van der Waals surface area contributed by atoms with Crippen LogP contribution in [0.3, 0.4) is 0 Å². The largest absolute Gasteiger partial charge is 0.507 e. The minimum atomic E-state index is 0.242. The molecule has 0 aliphatic heterocycles. The first kappa shape index (κ1) is 15.5. The van der Waals surface area contributed by atoms with E-state index in [0.29, 0.717) is 6.61 Å². The quantitative estimate of drug-likeness (QED) is 0.564. The van der Waals surface area contributed by atoms with E-state index >= 15 is 0 Å². The first-order chi connectivity index (χ1) is 9.19. The molecule has 0 fully saturated rings. The van der Waals surface area contributed by atoms with E-state index < -0.39 is 0 Å². The Hall–Kier alpha value is -1.51. The Bertz CT molecular complexity index is 413. The Kier molecular flexibility index (Phi) is 7.01. The third kappa shape index (κ3) is 5.33. The van der Waals surface area contributed by atoms with Gasteiger partial charge in [-0.15, -0.1) is 0 Å². The fourth-order valence-electron chi connectivity index (χ4n) is 1.73. The minimum absolute atomic E-state index is 0.242. The number of aromatic hydroxyl groups is 1. The van der Waals surface area contributed by atoms with Crippen molar-refractivity contribution in [1.29, 1.82) is 0 Å². The van der Waals surface area contributed by atoms with E-state index in [1.807, 2.05) is 19.1 Å². The Balaban J connectivity index is 2.68. The van der Waals surface area contributed by atoms with Crippen LogP contribution in [-0.2, 0) is 0 Å². The average molecular weight is 263 g/mol. The molecule has 106 valence electrons. The summed E-state index contributed by atoms with van der Waals surface area (Å²) in [6, 6.07) is 5.44. The minimum Gasteiger partial charge on any atom is -0.507 e. The molecule has 1 aromatic rings. The van der Waals surface area contributed by atoms with Gasteiger partial charge in [-0.2, -0.15) is 0 Å². The van der Waals surface area contributed by atoms with Gasteiger partial charge in [0.25, 0.3) is 0 Å². The molecule has 3 heteroatoms. The van der Waals surface area contributed by atoms with E-state index in [9.17, 15) is 5.11 Å². The second kappa shape index (κ2) is 8.57. The number of phenols is 1. The molecular formula is C16H25NO2. The van der Waals surface area contributed by atoms with Crippen LogP contribution >= 0.6 is 0 Å². The molecule has 0 saturated carbocycles. The molecule has 0 amide bonds. The lowest BCUT2D eigenvalue weighted by Gasteiger charge is -2.09. The highest BCUT2D eigenvalue weighted by molar-refractivity contribution is 6.01. The highest BCUT2D eigenvalue weighted by Crippen LogP contribution is 2.24. The van der Waals surface area contributed by atoms with Gasteiger partial charge in [-0.1, -0.05) is 26.7 Å². The van der Waals surface area contributed by atoms with Crippen molar-refractivity contribution in [3.8, 4) is 11.5 Å². The van der Waals surface area contributed by atoms with Crippen LogP contribution in [0.1, 0.15) is 52.0 Å². The van der Waals surface area contributed by atoms with Crippen LogP contribution in [0.5, 0.6) is 11.5 Å². The predicted octanol–water partition coefficient (Wildman–Crippen LogP) is 4.18. The Morgan fingerprint density at radius 2 is 1.95 bits per heavy atom. The molecule has 1 rings (SSSR count). The number of rotatable bonds is 8. The number of unbranched alkanes of at least 4 members (excludes halogenated alkanes) is 2. The van der Waals surface area contributed by atoms with Gasteiger partial charge in [0.2, 0.25) is 0 Å². The Labute approximate surface area is 116 Å². The van der Waals surface area contributed by atoms with Gasteiger partial charge >= 0.3 is 0 Å². The normalized spacial score (nSPS) is 11.6. The monoisotopic (exact) mass is 263 g/mol. The van der Waals surface area contributed by atoms with Gasteiger partial charge in [0.05, 0.1) is 6.61 Å². The van der Waals surface area contributed by atoms with Gasteiger partial charge < -0.3 is 9.84 Å². The fraction of sp³-hybridized carbons (Fsp3) is 0.562. The fourth-order valence-corrected chi connectivity index (χ4v) is 1.73. The maximum Gasteiger partial charge on any atom is 0.128 e. The lowest BCUT2D eigenvalue weighted by atomic mass is 10.1. The summed E-state index contributed by atoms with van der Waals surface area (Å²) in [5.41, 5.74) is 1.67. The third-order valence-corrected chi connectivity index (χ3v) is 2.99. The highest BCUT2D eigenvalue weighted by Gasteiger charge is 2.06. The lowest BCUT2D eigenvalue weighted by Crippen LogP contribution is -2.00. The summed E-state index contributed by atoms with van der Waals surface area (Å²) in [7, 11) is 0. The van der Waals surface area contributed by atoms with Crippen molar-refractivity contribution in [1.82, 2.24) is 0 Å². The molecule has 3 nitrogen and oxygen atoms in total. The summed E-state index contributed by atoms with van der Waals surface area (Å²) in [5.74, 6) is 0.961. The Morgan fingerprint density at radius 1 is 1.21 bits per heavy atom. The third-order valence-electron chi connectivity index (χ3n) is 2.99. The van der Waals surface area contributed by atoms with Gasteiger partial charge in [-0.05, 0) is 31.9 Å². The molecule has 0 spiro atoms. The van der Waals surface area contributed by atoms with Gasteiger partial charge in [0.1, 0.15) is 11.5 Å². The van der Waals surface area contributed by atoms with Gasteiger partial charge in [0.15, 0.2) is 0 Å². The smallest absolute Gasteiger partial charge is 0.128 e. The first-order valence-corrected chi connectivity index (χ1v) is 7.16. The molecule has 0 bridgehead atoms. The summed E-state index contributed by atoms with van der Waals surface area (Å²) >= 11 is 0. The van der Waals surface area contributed by atoms with Crippen molar-refractivity contribution < 1.29 is 9.84 Å². The van der Waals surface area contributed by atoms with Gasteiger partial charge in [0, 0.05) is 23.9 Å². The van der Waals surface area contributed by atoms with Crippen LogP contribution in [-0.4, -0.2) is 24.0 Å². The van der Waals surface area contributed by atoms with Crippen LogP contribution in [0.4, 0.5) is 0 Å². The van der Waals surface area contributed by atoms with Crippen molar-refractivity contribution in [3.63, 3.8) is 0 Å². The zero-order valence-corrected chi connectivity index (χ0v) is 12.3. The van der Waals surface area contributed by atoms with E-state index in [1.165, 1.54) is 0 Å². The number of nitrogens with zero attached hydrogens (tertiary/aromatic N) is 1. The number of hydrogen-bond donors (Lipinski definition) is 1. The highest BCUT2D eigenvalue weighted by atomic mass is 16.5. The second-order valence-electron chi connectivity index (χ2n) is 4.70. The summed E-state index contributed by atoms with van der Waals surface area (Å²) in [6.45, 7) is 7.71. The molecule has 0 heterocycles.